The summed E-state index contributed by atoms with van der Waals surface area (Å²) in [5, 5.41) is 5.46. The first kappa shape index (κ1) is 22.1. The molecule has 6 rings (SSSR count). The van der Waals surface area contributed by atoms with Crippen LogP contribution in [0.2, 0.25) is 0 Å². The fourth-order valence-corrected chi connectivity index (χ4v) is 5.91. The number of rotatable bonds is 6. The molecule has 5 heterocycles. The third-order valence-electron chi connectivity index (χ3n) is 7.13. The summed E-state index contributed by atoms with van der Waals surface area (Å²) in [4.78, 5) is 42.5. The van der Waals surface area contributed by atoms with Gasteiger partial charge in [-0.05, 0) is 74.6 Å². The fourth-order valence-electron chi connectivity index (χ4n) is 5.20. The molecule has 3 aromatic heterocycles. The number of anilines is 1. The monoisotopic (exact) mass is 488 g/mol. The Morgan fingerprint density at radius 2 is 2.06 bits per heavy atom. The van der Waals surface area contributed by atoms with Crippen molar-refractivity contribution < 1.29 is 4.79 Å². The van der Waals surface area contributed by atoms with Gasteiger partial charge in [-0.3, -0.25) is 9.59 Å². The zero-order valence-corrected chi connectivity index (χ0v) is 20.5. The van der Waals surface area contributed by atoms with Gasteiger partial charge in [-0.1, -0.05) is 6.07 Å². The molecule has 0 spiro atoms. The van der Waals surface area contributed by atoms with Crippen LogP contribution in [0, 0.1) is 0 Å². The van der Waals surface area contributed by atoms with Crippen molar-refractivity contribution in [3.05, 3.63) is 68.3 Å². The molecule has 2 aliphatic rings. The number of aromatic amines is 2. The largest absolute Gasteiger partial charge is 0.384 e. The Balaban J connectivity index is 1.27. The quantitative estimate of drug-likeness (QED) is 0.385. The summed E-state index contributed by atoms with van der Waals surface area (Å²) in [5.74, 6) is 0.596. The number of benzene rings is 1. The highest BCUT2D eigenvalue weighted by Gasteiger charge is 2.34. The lowest BCUT2D eigenvalue weighted by Crippen LogP contribution is -2.43. The topological polar surface area (TPSA) is 97.1 Å². The minimum Gasteiger partial charge on any atom is -0.384 e. The number of nitrogens with zero attached hydrogens (tertiary/aromatic N) is 3. The Morgan fingerprint density at radius 1 is 1.20 bits per heavy atom. The summed E-state index contributed by atoms with van der Waals surface area (Å²) in [5.41, 5.74) is 4.30. The molecule has 4 aromatic rings. The minimum absolute atomic E-state index is 0.0921. The Hall–Kier alpha value is -3.43. The van der Waals surface area contributed by atoms with Gasteiger partial charge < -0.3 is 25.1 Å². The summed E-state index contributed by atoms with van der Waals surface area (Å²) in [7, 11) is 2.13. The summed E-state index contributed by atoms with van der Waals surface area (Å²) < 4.78 is 0. The number of carbonyl (C=O) groups is 1. The minimum atomic E-state index is -0.206. The second-order valence-corrected chi connectivity index (χ2v) is 10.5. The SMILES string of the molecule is CN1CCC(N2Cc3cc4[nH]c(-c5c(NCCc6cccs6)cc[nH]c5=O)nc4cc3C2=O)CC1. The van der Waals surface area contributed by atoms with E-state index in [-0.39, 0.29) is 11.5 Å². The van der Waals surface area contributed by atoms with Crippen LogP contribution in [0.1, 0.15) is 33.6 Å². The van der Waals surface area contributed by atoms with Crippen LogP contribution < -0.4 is 10.9 Å². The number of thiophene rings is 1. The third-order valence-corrected chi connectivity index (χ3v) is 8.07. The molecule has 0 radical (unpaired) electrons. The first-order chi connectivity index (χ1) is 17.1. The first-order valence-electron chi connectivity index (χ1n) is 12.1. The molecule has 0 aliphatic carbocycles. The van der Waals surface area contributed by atoms with Gasteiger partial charge in [0.2, 0.25) is 0 Å². The van der Waals surface area contributed by atoms with Crippen LogP contribution in [0.15, 0.2) is 46.7 Å². The maximum Gasteiger partial charge on any atom is 0.261 e. The molecular formula is C26H28N6O2S. The predicted molar refractivity (Wildman–Crippen MR) is 139 cm³/mol. The second kappa shape index (κ2) is 8.98. The molecule has 1 amide bonds. The van der Waals surface area contributed by atoms with Gasteiger partial charge in [0, 0.05) is 35.8 Å². The van der Waals surface area contributed by atoms with Crippen molar-refractivity contribution in [2.75, 3.05) is 32.0 Å². The number of nitrogens with one attached hydrogen (secondary N) is 3. The van der Waals surface area contributed by atoms with Gasteiger partial charge >= 0.3 is 0 Å². The zero-order chi connectivity index (χ0) is 23.9. The highest BCUT2D eigenvalue weighted by Crippen LogP contribution is 2.32. The van der Waals surface area contributed by atoms with Crippen molar-refractivity contribution in [1.29, 1.82) is 0 Å². The molecule has 2 aliphatic heterocycles. The molecule has 0 bridgehead atoms. The molecule has 0 saturated carbocycles. The summed E-state index contributed by atoms with van der Waals surface area (Å²) >= 11 is 1.72. The average Bonchev–Trinajstić information content (AvgIpc) is 3.58. The molecule has 1 saturated heterocycles. The Labute approximate surface area is 207 Å². The highest BCUT2D eigenvalue weighted by molar-refractivity contribution is 7.09. The number of likely N-dealkylation sites (tertiary alicyclic amines) is 1. The van der Waals surface area contributed by atoms with Gasteiger partial charge in [0.25, 0.3) is 11.5 Å². The van der Waals surface area contributed by atoms with Crippen LogP contribution in [-0.4, -0.2) is 63.4 Å². The van der Waals surface area contributed by atoms with Gasteiger partial charge in [0.05, 0.1) is 16.7 Å². The Bertz CT molecular complexity index is 1430. The molecule has 0 atom stereocenters. The molecule has 180 valence electrons. The van der Waals surface area contributed by atoms with E-state index in [0.717, 1.165) is 54.7 Å². The molecule has 1 fully saturated rings. The van der Waals surface area contributed by atoms with Crippen LogP contribution in [-0.2, 0) is 13.0 Å². The number of amides is 1. The molecule has 3 N–H and O–H groups in total. The van der Waals surface area contributed by atoms with E-state index in [0.29, 0.717) is 36.0 Å². The third kappa shape index (κ3) is 4.15. The van der Waals surface area contributed by atoms with Gasteiger partial charge in [0.15, 0.2) is 0 Å². The number of imidazole rings is 1. The van der Waals surface area contributed by atoms with Gasteiger partial charge in [-0.2, -0.15) is 0 Å². The molecule has 35 heavy (non-hydrogen) atoms. The van der Waals surface area contributed by atoms with E-state index < -0.39 is 0 Å². The second-order valence-electron chi connectivity index (χ2n) is 9.43. The van der Waals surface area contributed by atoms with E-state index >= 15 is 0 Å². The van der Waals surface area contributed by atoms with E-state index in [1.54, 1.807) is 17.5 Å². The molecule has 1 aromatic carbocycles. The van der Waals surface area contributed by atoms with Crippen molar-refractivity contribution in [2.24, 2.45) is 0 Å². The van der Waals surface area contributed by atoms with E-state index in [9.17, 15) is 9.59 Å². The smallest absolute Gasteiger partial charge is 0.261 e. The van der Waals surface area contributed by atoms with E-state index in [1.165, 1.54) is 4.88 Å². The number of H-pyrrole nitrogens is 2. The lowest BCUT2D eigenvalue weighted by molar-refractivity contribution is 0.0617. The molecule has 0 unspecified atom stereocenters. The lowest BCUT2D eigenvalue weighted by Gasteiger charge is -2.34. The number of fused-ring (bicyclic) bond motifs is 2. The highest BCUT2D eigenvalue weighted by atomic mass is 32.1. The van der Waals surface area contributed by atoms with Gasteiger partial charge in [0.1, 0.15) is 11.4 Å². The van der Waals surface area contributed by atoms with E-state index in [1.807, 2.05) is 29.2 Å². The summed E-state index contributed by atoms with van der Waals surface area (Å²) in [6.07, 6.45) is 4.55. The van der Waals surface area contributed by atoms with Crippen molar-refractivity contribution in [2.45, 2.75) is 31.8 Å². The normalized spacial score (nSPS) is 16.8. The number of piperidine rings is 1. The number of hydrogen-bond acceptors (Lipinski definition) is 6. The lowest BCUT2D eigenvalue weighted by atomic mass is 10.0. The van der Waals surface area contributed by atoms with Crippen LogP contribution >= 0.6 is 11.3 Å². The fraction of sp³-hybridized carbons (Fsp3) is 0.346. The standard InChI is InChI=1S/C26H28N6O2S/c1-31-10-6-17(7-11-31)32-15-16-13-21-22(14-19(16)26(32)34)30-24(29-21)23-20(5-9-28-25(23)33)27-8-4-18-3-2-12-35-18/h2-3,5,9,12-14,17H,4,6-8,10-11,15H2,1H3,(H,29,30)(H2,27,28,33). The molecule has 8 nitrogen and oxygen atoms in total. The van der Waals surface area contributed by atoms with Crippen molar-refractivity contribution in [1.82, 2.24) is 24.8 Å². The van der Waals surface area contributed by atoms with Crippen molar-refractivity contribution in [3.8, 4) is 11.4 Å². The maximum atomic E-state index is 13.2. The van der Waals surface area contributed by atoms with E-state index in [4.69, 9.17) is 4.98 Å². The number of carbonyl (C=O) groups excluding carboxylic acids is 1. The van der Waals surface area contributed by atoms with Crippen molar-refractivity contribution >= 4 is 34.0 Å². The maximum absolute atomic E-state index is 13.2. The van der Waals surface area contributed by atoms with Gasteiger partial charge in [-0.25, -0.2) is 4.98 Å². The number of aromatic nitrogens is 3. The zero-order valence-electron chi connectivity index (χ0n) is 19.6. The predicted octanol–water partition coefficient (Wildman–Crippen LogP) is 3.68. The van der Waals surface area contributed by atoms with Crippen LogP contribution in [0.3, 0.4) is 0 Å². The number of pyridine rings is 1. The average molecular weight is 489 g/mol. The molecular weight excluding hydrogens is 460 g/mol. The van der Waals surface area contributed by atoms with Crippen LogP contribution in [0.4, 0.5) is 5.69 Å². The van der Waals surface area contributed by atoms with Crippen LogP contribution in [0.5, 0.6) is 0 Å². The van der Waals surface area contributed by atoms with Crippen LogP contribution in [0.25, 0.3) is 22.4 Å². The first-order valence-corrected chi connectivity index (χ1v) is 13.0. The van der Waals surface area contributed by atoms with E-state index in [2.05, 4.69) is 38.7 Å². The van der Waals surface area contributed by atoms with Crippen molar-refractivity contribution in [3.63, 3.8) is 0 Å². The number of hydrogen-bond donors (Lipinski definition) is 3. The Kier molecular flexibility index (Phi) is 5.66. The Morgan fingerprint density at radius 3 is 2.86 bits per heavy atom. The summed E-state index contributed by atoms with van der Waals surface area (Å²) in [6.45, 7) is 3.39. The van der Waals surface area contributed by atoms with Gasteiger partial charge in [-0.15, -0.1) is 11.3 Å². The summed E-state index contributed by atoms with van der Waals surface area (Å²) in [6, 6.07) is 10.2. The molecule has 9 heteroatoms.